The lowest BCUT2D eigenvalue weighted by Gasteiger charge is -2.20. The van der Waals surface area contributed by atoms with Crippen molar-refractivity contribution in [3.05, 3.63) is 64.3 Å². The smallest absolute Gasteiger partial charge is 0.329 e. The molecule has 3 heterocycles. The standard InChI is InChI=1S/C28H35N5O/c1-17(2)32-23-10-9-22(16-24(23)33(18(3)4)28(32)34)26-25(21-8-6-7-19(5)15-21)30-27(31-26)20-11-13-29-14-12-20/h6-10,15-18,20,29H,11-14H2,1-5H3,(H,30,31). The van der Waals surface area contributed by atoms with E-state index in [9.17, 15) is 4.79 Å². The van der Waals surface area contributed by atoms with E-state index in [2.05, 4.69) is 87.4 Å². The lowest BCUT2D eigenvalue weighted by molar-refractivity contribution is 0.447. The van der Waals surface area contributed by atoms with Crippen LogP contribution in [0.3, 0.4) is 0 Å². The molecule has 4 aromatic rings. The Morgan fingerprint density at radius 2 is 1.62 bits per heavy atom. The number of benzene rings is 2. The summed E-state index contributed by atoms with van der Waals surface area (Å²) in [6.07, 6.45) is 2.17. The van der Waals surface area contributed by atoms with E-state index in [1.54, 1.807) is 0 Å². The van der Waals surface area contributed by atoms with Gasteiger partial charge in [0.2, 0.25) is 0 Å². The van der Waals surface area contributed by atoms with Gasteiger partial charge < -0.3 is 10.3 Å². The molecular formula is C28H35N5O. The van der Waals surface area contributed by atoms with Gasteiger partial charge in [-0.2, -0.15) is 0 Å². The fourth-order valence-electron chi connectivity index (χ4n) is 5.29. The second kappa shape index (κ2) is 8.91. The average molecular weight is 458 g/mol. The van der Waals surface area contributed by atoms with Crippen molar-refractivity contribution >= 4 is 11.0 Å². The minimum absolute atomic E-state index is 0.0519. The molecule has 0 spiro atoms. The zero-order valence-corrected chi connectivity index (χ0v) is 20.9. The van der Waals surface area contributed by atoms with Crippen molar-refractivity contribution < 1.29 is 0 Å². The van der Waals surface area contributed by atoms with Crippen LogP contribution in [0.5, 0.6) is 0 Å². The summed E-state index contributed by atoms with van der Waals surface area (Å²) >= 11 is 0. The summed E-state index contributed by atoms with van der Waals surface area (Å²) in [5, 5.41) is 3.45. The first kappa shape index (κ1) is 22.7. The molecule has 2 N–H and O–H groups in total. The third-order valence-corrected chi connectivity index (χ3v) is 6.97. The molecule has 0 aliphatic carbocycles. The monoisotopic (exact) mass is 457 g/mol. The van der Waals surface area contributed by atoms with Gasteiger partial charge in [-0.1, -0.05) is 29.8 Å². The molecule has 5 rings (SSSR count). The minimum Gasteiger partial charge on any atom is -0.341 e. The highest BCUT2D eigenvalue weighted by Crippen LogP contribution is 2.36. The van der Waals surface area contributed by atoms with Crippen LogP contribution in [0.1, 0.15) is 69.9 Å². The summed E-state index contributed by atoms with van der Waals surface area (Å²) in [5.41, 5.74) is 7.41. The van der Waals surface area contributed by atoms with Crippen LogP contribution in [0.15, 0.2) is 47.3 Å². The molecule has 0 unspecified atom stereocenters. The average Bonchev–Trinajstić information content (AvgIpc) is 3.38. The van der Waals surface area contributed by atoms with Crippen LogP contribution in [0.4, 0.5) is 0 Å². The van der Waals surface area contributed by atoms with Gasteiger partial charge in [0.05, 0.1) is 22.4 Å². The molecule has 0 bridgehead atoms. The number of nitrogens with one attached hydrogen (secondary N) is 2. The highest BCUT2D eigenvalue weighted by Gasteiger charge is 2.24. The Morgan fingerprint density at radius 3 is 2.29 bits per heavy atom. The number of aryl methyl sites for hydroxylation is 1. The van der Waals surface area contributed by atoms with Crippen LogP contribution >= 0.6 is 0 Å². The number of H-pyrrole nitrogens is 1. The van der Waals surface area contributed by atoms with Crippen molar-refractivity contribution in [2.24, 2.45) is 0 Å². The molecule has 0 radical (unpaired) electrons. The Hall–Kier alpha value is -3.12. The summed E-state index contributed by atoms with van der Waals surface area (Å²) in [6.45, 7) is 12.4. The molecule has 0 atom stereocenters. The fourth-order valence-corrected chi connectivity index (χ4v) is 5.29. The maximum absolute atomic E-state index is 13.3. The second-order valence-corrected chi connectivity index (χ2v) is 10.2. The lowest BCUT2D eigenvalue weighted by Crippen LogP contribution is -2.27. The third-order valence-electron chi connectivity index (χ3n) is 6.97. The number of aromatic amines is 1. The number of hydrogen-bond donors (Lipinski definition) is 2. The van der Waals surface area contributed by atoms with Crippen molar-refractivity contribution in [2.75, 3.05) is 13.1 Å². The van der Waals surface area contributed by atoms with Gasteiger partial charge in [-0.3, -0.25) is 9.13 Å². The molecule has 34 heavy (non-hydrogen) atoms. The summed E-state index contributed by atoms with van der Waals surface area (Å²) in [7, 11) is 0. The predicted molar refractivity (Wildman–Crippen MR) is 140 cm³/mol. The summed E-state index contributed by atoms with van der Waals surface area (Å²) in [6, 6.07) is 15.1. The Balaban J connectivity index is 1.72. The predicted octanol–water partition coefficient (Wildman–Crippen LogP) is 5.80. The van der Waals surface area contributed by atoms with E-state index < -0.39 is 0 Å². The highest BCUT2D eigenvalue weighted by molar-refractivity contribution is 5.86. The van der Waals surface area contributed by atoms with Crippen LogP contribution < -0.4 is 11.0 Å². The van der Waals surface area contributed by atoms with Crippen LogP contribution in [0.25, 0.3) is 33.5 Å². The molecule has 178 valence electrons. The van der Waals surface area contributed by atoms with E-state index in [-0.39, 0.29) is 17.8 Å². The Kier molecular flexibility index (Phi) is 5.94. The van der Waals surface area contributed by atoms with Gasteiger partial charge in [-0.05, 0) is 78.7 Å². The molecule has 2 aromatic heterocycles. The number of rotatable bonds is 5. The van der Waals surface area contributed by atoms with Gasteiger partial charge in [-0.15, -0.1) is 0 Å². The van der Waals surface area contributed by atoms with Crippen molar-refractivity contribution in [3.63, 3.8) is 0 Å². The zero-order valence-electron chi connectivity index (χ0n) is 20.9. The SMILES string of the molecule is Cc1cccc(-c2nc(C3CCNCC3)[nH]c2-c2ccc3c(c2)n(C(C)C)c(=O)n3C(C)C)c1. The van der Waals surface area contributed by atoms with Gasteiger partial charge >= 0.3 is 5.69 Å². The van der Waals surface area contributed by atoms with E-state index in [0.29, 0.717) is 5.92 Å². The lowest BCUT2D eigenvalue weighted by atomic mass is 9.97. The molecule has 1 saturated heterocycles. The molecule has 1 fully saturated rings. The van der Waals surface area contributed by atoms with Gasteiger partial charge in [0.25, 0.3) is 0 Å². The molecule has 1 aliphatic heterocycles. The third kappa shape index (κ3) is 3.90. The summed E-state index contributed by atoms with van der Waals surface area (Å²) < 4.78 is 3.81. The normalized spacial score (nSPS) is 15.1. The van der Waals surface area contributed by atoms with Crippen molar-refractivity contribution in [3.8, 4) is 22.5 Å². The maximum atomic E-state index is 13.3. The molecule has 6 nitrogen and oxygen atoms in total. The fraction of sp³-hybridized carbons (Fsp3) is 0.429. The van der Waals surface area contributed by atoms with Crippen molar-refractivity contribution in [1.82, 2.24) is 24.4 Å². The number of aromatic nitrogens is 4. The quantitative estimate of drug-likeness (QED) is 0.398. The first-order valence-electron chi connectivity index (χ1n) is 12.5. The van der Waals surface area contributed by atoms with Crippen LogP contribution in [0, 0.1) is 6.92 Å². The van der Waals surface area contributed by atoms with Gasteiger partial charge in [0.1, 0.15) is 5.82 Å². The molecule has 2 aromatic carbocycles. The van der Waals surface area contributed by atoms with Gasteiger partial charge in [-0.25, -0.2) is 9.78 Å². The Labute approximate surface area is 201 Å². The Bertz CT molecular complexity index is 1380. The molecule has 1 aliphatic rings. The van der Waals surface area contributed by atoms with Crippen molar-refractivity contribution in [2.45, 2.75) is 65.5 Å². The zero-order chi connectivity index (χ0) is 24.0. The van der Waals surface area contributed by atoms with E-state index in [1.165, 1.54) is 5.56 Å². The number of imidazole rings is 2. The first-order valence-corrected chi connectivity index (χ1v) is 12.5. The number of piperidine rings is 1. The first-order chi connectivity index (χ1) is 16.3. The topological polar surface area (TPSA) is 67.6 Å². The highest BCUT2D eigenvalue weighted by atomic mass is 16.1. The number of hydrogen-bond acceptors (Lipinski definition) is 3. The van der Waals surface area contributed by atoms with E-state index >= 15 is 0 Å². The second-order valence-electron chi connectivity index (χ2n) is 10.2. The summed E-state index contributed by atoms with van der Waals surface area (Å²) in [4.78, 5) is 22.1. The van der Waals surface area contributed by atoms with E-state index in [0.717, 1.165) is 65.3 Å². The van der Waals surface area contributed by atoms with Gasteiger partial charge in [0, 0.05) is 29.1 Å². The minimum atomic E-state index is 0.0519. The van der Waals surface area contributed by atoms with Crippen LogP contribution in [-0.2, 0) is 0 Å². The largest absolute Gasteiger partial charge is 0.341 e. The Morgan fingerprint density at radius 1 is 0.912 bits per heavy atom. The molecule has 0 amide bonds. The van der Waals surface area contributed by atoms with E-state index in [4.69, 9.17) is 4.98 Å². The molecule has 6 heteroatoms. The molecule has 0 saturated carbocycles. The van der Waals surface area contributed by atoms with Crippen LogP contribution in [-0.4, -0.2) is 32.2 Å². The van der Waals surface area contributed by atoms with Gasteiger partial charge in [0.15, 0.2) is 0 Å². The summed E-state index contributed by atoms with van der Waals surface area (Å²) in [5.74, 6) is 1.49. The maximum Gasteiger partial charge on any atom is 0.329 e. The van der Waals surface area contributed by atoms with Crippen LogP contribution in [0.2, 0.25) is 0 Å². The van der Waals surface area contributed by atoms with E-state index in [1.807, 2.05) is 9.13 Å². The molecular weight excluding hydrogens is 422 g/mol. The van der Waals surface area contributed by atoms with Crippen molar-refractivity contribution in [1.29, 1.82) is 0 Å². The number of nitrogens with zero attached hydrogens (tertiary/aromatic N) is 3. The number of fused-ring (bicyclic) bond motifs is 1.